The molecule has 2 fully saturated rings. The Kier molecular flexibility index (Phi) is 4.98. The van der Waals surface area contributed by atoms with E-state index in [4.69, 9.17) is 5.73 Å². The Balaban J connectivity index is 1.58. The lowest BCUT2D eigenvalue weighted by Gasteiger charge is -2.33. The minimum atomic E-state index is -0.296. The van der Waals surface area contributed by atoms with Crippen LogP contribution in [-0.2, 0) is 11.3 Å². The molecule has 2 aliphatic rings. The minimum Gasteiger partial charge on any atom is -0.383 e. The molecule has 2 aliphatic heterocycles. The summed E-state index contributed by atoms with van der Waals surface area (Å²) < 4.78 is 13.2. The fraction of sp³-hybridized carbons (Fsp3) is 0.381. The number of halogens is 1. The van der Waals surface area contributed by atoms with Crippen LogP contribution in [0.3, 0.4) is 0 Å². The summed E-state index contributed by atoms with van der Waals surface area (Å²) in [5, 5.41) is 0. The summed E-state index contributed by atoms with van der Waals surface area (Å²) >= 11 is 0. The van der Waals surface area contributed by atoms with E-state index in [1.165, 1.54) is 12.1 Å². The predicted molar refractivity (Wildman–Crippen MR) is 103 cm³/mol. The van der Waals surface area contributed by atoms with Crippen LogP contribution >= 0.6 is 0 Å². The van der Waals surface area contributed by atoms with Crippen LogP contribution in [0.5, 0.6) is 0 Å². The highest BCUT2D eigenvalue weighted by Gasteiger charge is 2.43. The molecule has 6 nitrogen and oxygen atoms in total. The zero-order valence-corrected chi connectivity index (χ0v) is 15.6. The van der Waals surface area contributed by atoms with Crippen molar-refractivity contribution >= 4 is 17.6 Å². The van der Waals surface area contributed by atoms with Crippen LogP contribution in [0.4, 0.5) is 10.2 Å². The van der Waals surface area contributed by atoms with Gasteiger partial charge in [-0.3, -0.25) is 9.59 Å². The Labute approximate surface area is 163 Å². The van der Waals surface area contributed by atoms with Gasteiger partial charge in [0.1, 0.15) is 11.6 Å². The molecule has 1 aromatic heterocycles. The van der Waals surface area contributed by atoms with Crippen molar-refractivity contribution in [3.63, 3.8) is 0 Å². The van der Waals surface area contributed by atoms with Crippen molar-refractivity contribution in [1.29, 1.82) is 0 Å². The van der Waals surface area contributed by atoms with Crippen LogP contribution in [0.2, 0.25) is 0 Å². The van der Waals surface area contributed by atoms with Gasteiger partial charge in [0.25, 0.3) is 5.91 Å². The molecule has 2 atom stereocenters. The molecule has 3 heterocycles. The van der Waals surface area contributed by atoms with Gasteiger partial charge in [-0.25, -0.2) is 9.37 Å². The van der Waals surface area contributed by atoms with Crippen LogP contribution in [-0.4, -0.2) is 45.2 Å². The third kappa shape index (κ3) is 3.44. The van der Waals surface area contributed by atoms with Crippen LogP contribution in [0.1, 0.15) is 41.6 Å². The Hall–Kier alpha value is -2.96. The molecule has 2 amide bonds. The largest absolute Gasteiger partial charge is 0.383 e. The molecule has 0 saturated carbocycles. The van der Waals surface area contributed by atoms with Gasteiger partial charge in [-0.15, -0.1) is 0 Å². The van der Waals surface area contributed by atoms with Crippen molar-refractivity contribution in [2.45, 2.75) is 44.3 Å². The fourth-order valence-electron chi connectivity index (χ4n) is 4.34. The van der Waals surface area contributed by atoms with Crippen LogP contribution in [0.25, 0.3) is 0 Å². The lowest BCUT2D eigenvalue weighted by molar-refractivity contribution is -0.133. The first-order chi connectivity index (χ1) is 13.5. The lowest BCUT2D eigenvalue weighted by atomic mass is 10.0. The smallest absolute Gasteiger partial charge is 0.257 e. The summed E-state index contributed by atoms with van der Waals surface area (Å²) in [5.41, 5.74) is 7.19. The maximum Gasteiger partial charge on any atom is 0.257 e. The molecule has 0 spiro atoms. The highest BCUT2D eigenvalue weighted by atomic mass is 19.1. The fourth-order valence-corrected chi connectivity index (χ4v) is 4.34. The summed E-state index contributed by atoms with van der Waals surface area (Å²) in [6.45, 7) is 1.01. The van der Waals surface area contributed by atoms with E-state index in [1.54, 1.807) is 30.5 Å². The van der Waals surface area contributed by atoms with E-state index in [0.29, 0.717) is 25.1 Å². The number of carbonyl (C=O) groups excluding carboxylic acids is 2. The number of nitrogens with two attached hydrogens (primary N) is 1. The predicted octanol–water partition coefficient (Wildman–Crippen LogP) is 2.60. The minimum absolute atomic E-state index is 0.0399. The third-order valence-electron chi connectivity index (χ3n) is 5.72. The first kappa shape index (κ1) is 18.4. The van der Waals surface area contributed by atoms with Crippen molar-refractivity contribution in [3.8, 4) is 0 Å². The van der Waals surface area contributed by atoms with E-state index in [0.717, 1.165) is 24.8 Å². The molecule has 0 radical (unpaired) electrons. The molecule has 28 heavy (non-hydrogen) atoms. The van der Waals surface area contributed by atoms with Gasteiger partial charge in [-0.2, -0.15) is 0 Å². The van der Waals surface area contributed by atoms with Gasteiger partial charge in [0, 0.05) is 25.7 Å². The number of aromatic nitrogens is 1. The lowest BCUT2D eigenvalue weighted by Crippen LogP contribution is -2.47. The van der Waals surface area contributed by atoms with E-state index in [9.17, 15) is 14.0 Å². The maximum atomic E-state index is 13.2. The SMILES string of the molecule is Nc1ncccc1C(=O)N1CC[C@@H]2[C@H]1CCCC(=O)N2Cc1ccc(F)cc1. The average Bonchev–Trinajstić information content (AvgIpc) is 3.04. The highest BCUT2D eigenvalue weighted by Crippen LogP contribution is 2.33. The van der Waals surface area contributed by atoms with E-state index in [-0.39, 0.29) is 35.5 Å². The van der Waals surface area contributed by atoms with Gasteiger partial charge in [0.2, 0.25) is 5.91 Å². The third-order valence-corrected chi connectivity index (χ3v) is 5.72. The molecule has 2 aromatic rings. The molecular formula is C21H23FN4O2. The van der Waals surface area contributed by atoms with Crippen LogP contribution in [0, 0.1) is 5.82 Å². The average molecular weight is 382 g/mol. The number of nitrogen functional groups attached to an aromatic ring is 1. The summed E-state index contributed by atoms with van der Waals surface area (Å²) in [6.07, 6.45) is 4.27. The summed E-state index contributed by atoms with van der Waals surface area (Å²) in [6, 6.07) is 9.54. The molecule has 7 heteroatoms. The first-order valence-corrected chi connectivity index (χ1v) is 9.60. The second-order valence-corrected chi connectivity index (χ2v) is 7.40. The Morgan fingerprint density at radius 3 is 2.71 bits per heavy atom. The number of hydrogen-bond acceptors (Lipinski definition) is 4. The van der Waals surface area contributed by atoms with E-state index >= 15 is 0 Å². The Morgan fingerprint density at radius 2 is 1.96 bits per heavy atom. The molecule has 146 valence electrons. The van der Waals surface area contributed by atoms with Crippen molar-refractivity contribution < 1.29 is 14.0 Å². The number of benzene rings is 1. The van der Waals surface area contributed by atoms with Crippen molar-refractivity contribution in [2.24, 2.45) is 0 Å². The van der Waals surface area contributed by atoms with Crippen LogP contribution in [0.15, 0.2) is 42.6 Å². The molecule has 0 bridgehead atoms. The Morgan fingerprint density at radius 1 is 1.18 bits per heavy atom. The summed E-state index contributed by atoms with van der Waals surface area (Å²) in [5.74, 6) is -0.111. The van der Waals surface area contributed by atoms with Gasteiger partial charge >= 0.3 is 0 Å². The number of rotatable bonds is 3. The normalized spacial score (nSPS) is 22.1. The molecule has 4 rings (SSSR count). The first-order valence-electron chi connectivity index (χ1n) is 9.60. The quantitative estimate of drug-likeness (QED) is 0.885. The number of fused-ring (bicyclic) bond motifs is 1. The second-order valence-electron chi connectivity index (χ2n) is 7.40. The second kappa shape index (κ2) is 7.58. The van der Waals surface area contributed by atoms with Crippen molar-refractivity contribution in [3.05, 3.63) is 59.5 Å². The summed E-state index contributed by atoms with van der Waals surface area (Å²) in [7, 11) is 0. The maximum absolute atomic E-state index is 13.2. The number of likely N-dealkylation sites (tertiary alicyclic amines) is 2. The number of amides is 2. The van der Waals surface area contributed by atoms with Gasteiger partial charge < -0.3 is 15.5 Å². The molecular weight excluding hydrogens is 359 g/mol. The van der Waals surface area contributed by atoms with E-state index in [1.807, 2.05) is 9.80 Å². The van der Waals surface area contributed by atoms with Gasteiger partial charge in [-0.05, 0) is 49.1 Å². The van der Waals surface area contributed by atoms with Crippen molar-refractivity contribution in [1.82, 2.24) is 14.8 Å². The van der Waals surface area contributed by atoms with E-state index < -0.39 is 0 Å². The zero-order valence-electron chi connectivity index (χ0n) is 15.6. The van der Waals surface area contributed by atoms with Gasteiger partial charge in [-0.1, -0.05) is 12.1 Å². The zero-order chi connectivity index (χ0) is 19.7. The Bertz CT molecular complexity index is 886. The molecule has 0 unspecified atom stereocenters. The van der Waals surface area contributed by atoms with Crippen molar-refractivity contribution in [2.75, 3.05) is 12.3 Å². The summed E-state index contributed by atoms with van der Waals surface area (Å²) in [4.78, 5) is 33.6. The molecule has 2 saturated heterocycles. The number of anilines is 1. The molecule has 1 aromatic carbocycles. The molecule has 2 N–H and O–H groups in total. The number of nitrogens with zero attached hydrogens (tertiary/aromatic N) is 3. The molecule has 0 aliphatic carbocycles. The number of hydrogen-bond donors (Lipinski definition) is 1. The van der Waals surface area contributed by atoms with Gasteiger partial charge in [0.15, 0.2) is 0 Å². The standard InChI is InChI=1S/C21H23FN4O2/c22-15-8-6-14(7-9-15)13-26-18-10-12-25(17(18)4-1-5-19(26)27)21(28)16-3-2-11-24-20(16)23/h2-3,6-9,11,17-18H,1,4-5,10,12-13H2,(H2,23,24)/t17-,18-/m1/s1. The monoisotopic (exact) mass is 382 g/mol. The van der Waals surface area contributed by atoms with Crippen LogP contribution < -0.4 is 5.73 Å². The topological polar surface area (TPSA) is 79.5 Å². The van der Waals surface area contributed by atoms with E-state index in [2.05, 4.69) is 4.98 Å². The van der Waals surface area contributed by atoms with Gasteiger partial charge in [0.05, 0.1) is 17.6 Å². The number of carbonyl (C=O) groups is 2. The highest BCUT2D eigenvalue weighted by molar-refractivity contribution is 5.98. The number of pyridine rings is 1.